The average molecular weight is 572 g/mol. The van der Waals surface area contributed by atoms with Crippen molar-refractivity contribution in [3.63, 3.8) is 0 Å². The van der Waals surface area contributed by atoms with Crippen LogP contribution in [0.4, 0.5) is 20.3 Å². The van der Waals surface area contributed by atoms with Gasteiger partial charge >= 0.3 is 0 Å². The van der Waals surface area contributed by atoms with Crippen LogP contribution in [0.1, 0.15) is 23.9 Å². The van der Waals surface area contributed by atoms with Gasteiger partial charge in [-0.05, 0) is 32.0 Å². The molecular formula is C31H31F2N7O2. The van der Waals surface area contributed by atoms with Gasteiger partial charge in [-0.2, -0.15) is 5.10 Å². The molecule has 9 nitrogen and oxygen atoms in total. The second kappa shape index (κ2) is 12.2. The summed E-state index contributed by atoms with van der Waals surface area (Å²) in [5.41, 5.74) is 3.67. The summed E-state index contributed by atoms with van der Waals surface area (Å²) in [6, 6.07) is 15.7. The fourth-order valence-corrected chi connectivity index (χ4v) is 5.05. The summed E-state index contributed by atoms with van der Waals surface area (Å²) in [4.78, 5) is 16.3. The first-order valence-corrected chi connectivity index (χ1v) is 13.9. The summed E-state index contributed by atoms with van der Waals surface area (Å²) in [5.74, 6) is -0.213. The molecule has 216 valence electrons. The number of hydrogen-bond donors (Lipinski definition) is 1. The number of fused-ring (bicyclic) bond motifs is 1. The molecule has 6 rings (SSSR count). The monoisotopic (exact) mass is 571 g/mol. The SMILES string of the molecule is CCOc1cc(F)c(Cn2nc(-c3nc(CN4CCOCC4)cc(Nc4ccnc(C)c4)n3)c3ccccc32)c(F)c1. The first-order valence-electron chi connectivity index (χ1n) is 13.9. The van der Waals surface area contributed by atoms with Crippen molar-refractivity contribution in [2.75, 3.05) is 38.2 Å². The number of nitrogens with zero attached hydrogens (tertiary/aromatic N) is 6. The molecule has 0 aliphatic carbocycles. The Hall–Kier alpha value is -4.48. The highest BCUT2D eigenvalue weighted by molar-refractivity contribution is 5.91. The summed E-state index contributed by atoms with van der Waals surface area (Å²) < 4.78 is 42.4. The van der Waals surface area contributed by atoms with E-state index in [-0.39, 0.29) is 17.9 Å². The minimum Gasteiger partial charge on any atom is -0.494 e. The van der Waals surface area contributed by atoms with Gasteiger partial charge in [0.25, 0.3) is 0 Å². The molecule has 0 radical (unpaired) electrons. The Kier molecular flexibility index (Phi) is 8.02. The van der Waals surface area contributed by atoms with Crippen LogP contribution in [0.25, 0.3) is 22.4 Å². The van der Waals surface area contributed by atoms with E-state index in [0.717, 1.165) is 35.6 Å². The highest BCUT2D eigenvalue weighted by Gasteiger charge is 2.20. The van der Waals surface area contributed by atoms with E-state index in [1.807, 2.05) is 49.4 Å². The predicted molar refractivity (Wildman–Crippen MR) is 156 cm³/mol. The molecule has 1 fully saturated rings. The number of pyridine rings is 1. The van der Waals surface area contributed by atoms with Gasteiger partial charge in [-0.3, -0.25) is 14.6 Å². The predicted octanol–water partition coefficient (Wildman–Crippen LogP) is 5.50. The first kappa shape index (κ1) is 27.7. The lowest BCUT2D eigenvalue weighted by Crippen LogP contribution is -2.35. The van der Waals surface area contributed by atoms with Crippen LogP contribution in [0.2, 0.25) is 0 Å². The van der Waals surface area contributed by atoms with Crippen LogP contribution in [0.15, 0.2) is 60.8 Å². The van der Waals surface area contributed by atoms with Crippen molar-refractivity contribution in [1.82, 2.24) is 29.6 Å². The van der Waals surface area contributed by atoms with Crippen LogP contribution in [0.3, 0.4) is 0 Å². The summed E-state index contributed by atoms with van der Waals surface area (Å²) >= 11 is 0. The minimum atomic E-state index is -0.692. The number of ether oxygens (including phenoxy) is 2. The number of morpholine rings is 1. The molecule has 11 heteroatoms. The molecule has 42 heavy (non-hydrogen) atoms. The molecule has 1 aliphatic rings. The molecule has 1 aliphatic heterocycles. The maximum absolute atomic E-state index is 15.0. The standard InChI is InChI=1S/C31H31F2N7O2/c1-3-42-23-16-26(32)25(27(33)17-23)19-40-28-7-5-4-6-24(28)30(38-40)31-36-22(18-39-10-12-41-13-11-39)15-29(37-31)35-21-8-9-34-20(2)14-21/h4-9,14-17H,3,10-13,18-19H2,1-2H3,(H,34,35,36,37). The van der Waals surface area contributed by atoms with E-state index in [2.05, 4.69) is 15.2 Å². The average Bonchev–Trinajstić information content (AvgIpc) is 3.34. The number of para-hydroxylation sites is 1. The van der Waals surface area contributed by atoms with Crippen molar-refractivity contribution in [2.24, 2.45) is 0 Å². The highest BCUT2D eigenvalue weighted by Crippen LogP contribution is 2.30. The number of aromatic nitrogens is 5. The molecule has 0 unspecified atom stereocenters. The first-order chi connectivity index (χ1) is 20.5. The van der Waals surface area contributed by atoms with Gasteiger partial charge in [-0.25, -0.2) is 18.7 Å². The van der Waals surface area contributed by atoms with Crippen LogP contribution >= 0.6 is 0 Å². The van der Waals surface area contributed by atoms with Gasteiger partial charge in [0.05, 0.1) is 37.6 Å². The van der Waals surface area contributed by atoms with E-state index in [1.54, 1.807) is 17.8 Å². The second-order valence-corrected chi connectivity index (χ2v) is 10.1. The van der Waals surface area contributed by atoms with Crippen molar-refractivity contribution >= 4 is 22.4 Å². The van der Waals surface area contributed by atoms with Crippen LogP contribution < -0.4 is 10.1 Å². The molecule has 0 amide bonds. The Morgan fingerprint density at radius 3 is 2.52 bits per heavy atom. The summed E-state index contributed by atoms with van der Waals surface area (Å²) in [7, 11) is 0. The van der Waals surface area contributed by atoms with E-state index in [4.69, 9.17) is 24.5 Å². The van der Waals surface area contributed by atoms with Gasteiger partial charge in [0, 0.05) is 66.4 Å². The van der Waals surface area contributed by atoms with Gasteiger partial charge < -0.3 is 14.8 Å². The number of anilines is 2. The van der Waals surface area contributed by atoms with Crippen LogP contribution in [-0.4, -0.2) is 62.5 Å². The second-order valence-electron chi connectivity index (χ2n) is 10.1. The maximum Gasteiger partial charge on any atom is 0.183 e. The number of rotatable bonds is 9. The molecule has 1 saturated heterocycles. The largest absolute Gasteiger partial charge is 0.494 e. The molecule has 3 aromatic heterocycles. The summed E-state index contributed by atoms with van der Waals surface area (Å²) in [6.07, 6.45) is 1.74. The summed E-state index contributed by atoms with van der Waals surface area (Å²) in [6.45, 7) is 7.47. The highest BCUT2D eigenvalue weighted by atomic mass is 19.1. The van der Waals surface area contributed by atoms with Gasteiger partial charge in [-0.15, -0.1) is 0 Å². The zero-order valence-electron chi connectivity index (χ0n) is 23.5. The number of benzene rings is 2. The molecule has 4 heterocycles. The molecule has 1 N–H and O–H groups in total. The lowest BCUT2D eigenvalue weighted by Gasteiger charge is -2.26. The van der Waals surface area contributed by atoms with Crippen molar-refractivity contribution in [3.8, 4) is 17.3 Å². The van der Waals surface area contributed by atoms with Crippen molar-refractivity contribution in [2.45, 2.75) is 26.9 Å². The maximum atomic E-state index is 15.0. The molecule has 0 spiro atoms. The van der Waals surface area contributed by atoms with E-state index < -0.39 is 11.6 Å². The van der Waals surface area contributed by atoms with Gasteiger partial charge in [-0.1, -0.05) is 18.2 Å². The third kappa shape index (κ3) is 6.07. The normalized spacial score (nSPS) is 13.9. The third-order valence-electron chi connectivity index (χ3n) is 7.04. The Balaban J connectivity index is 1.41. The smallest absolute Gasteiger partial charge is 0.183 e. The summed E-state index contributed by atoms with van der Waals surface area (Å²) in [5, 5.41) is 8.96. The number of halogens is 2. The van der Waals surface area contributed by atoms with Crippen LogP contribution in [-0.2, 0) is 17.8 Å². The lowest BCUT2D eigenvalue weighted by molar-refractivity contribution is 0.0336. The minimum absolute atomic E-state index is 0.101. The lowest BCUT2D eigenvalue weighted by atomic mass is 10.1. The van der Waals surface area contributed by atoms with Crippen molar-refractivity contribution in [3.05, 3.63) is 89.4 Å². The van der Waals surface area contributed by atoms with Crippen molar-refractivity contribution < 1.29 is 18.3 Å². The zero-order chi connectivity index (χ0) is 29.1. The fourth-order valence-electron chi connectivity index (χ4n) is 5.05. The fraction of sp³-hybridized carbons (Fsp3) is 0.290. The Labute approximate surface area is 242 Å². The Morgan fingerprint density at radius 2 is 1.76 bits per heavy atom. The Morgan fingerprint density at radius 1 is 0.976 bits per heavy atom. The van der Waals surface area contributed by atoms with E-state index >= 15 is 8.78 Å². The Bertz CT molecular complexity index is 1700. The van der Waals surface area contributed by atoms with E-state index in [1.165, 1.54) is 12.1 Å². The van der Waals surface area contributed by atoms with Gasteiger partial charge in [0.1, 0.15) is 28.9 Å². The quantitative estimate of drug-likeness (QED) is 0.248. The van der Waals surface area contributed by atoms with Gasteiger partial charge in [0.2, 0.25) is 0 Å². The number of nitrogens with one attached hydrogen (secondary N) is 1. The molecule has 0 saturated carbocycles. The third-order valence-corrected chi connectivity index (χ3v) is 7.04. The van der Waals surface area contributed by atoms with E-state index in [0.29, 0.717) is 49.2 Å². The molecule has 2 aromatic carbocycles. The number of aryl methyl sites for hydroxylation is 1. The molecule has 0 atom stereocenters. The van der Waals surface area contributed by atoms with Crippen molar-refractivity contribution in [1.29, 1.82) is 0 Å². The van der Waals surface area contributed by atoms with Crippen LogP contribution in [0.5, 0.6) is 5.75 Å². The number of hydrogen-bond acceptors (Lipinski definition) is 8. The zero-order valence-corrected chi connectivity index (χ0v) is 23.5. The molecular weight excluding hydrogens is 540 g/mol. The topological polar surface area (TPSA) is 90.2 Å². The van der Waals surface area contributed by atoms with E-state index in [9.17, 15) is 0 Å². The molecule has 0 bridgehead atoms. The van der Waals surface area contributed by atoms with Gasteiger partial charge in [0.15, 0.2) is 5.82 Å². The molecule has 5 aromatic rings. The van der Waals surface area contributed by atoms with Crippen LogP contribution in [0, 0.1) is 18.6 Å².